The maximum absolute atomic E-state index is 12.0. The molecule has 0 atom stereocenters. The number of non-ortho nitro benzene ring substituents is 1. The molecule has 2 N–H and O–H groups in total. The monoisotopic (exact) mass is 397 g/mol. The number of benzene rings is 2. The van der Waals surface area contributed by atoms with Gasteiger partial charge in [0.2, 0.25) is 0 Å². The molecule has 2 aromatic rings. The quantitative estimate of drug-likeness (QED) is 0.613. The molecule has 0 spiro atoms. The van der Waals surface area contributed by atoms with Crippen molar-refractivity contribution in [1.29, 1.82) is 0 Å². The van der Waals surface area contributed by atoms with Crippen molar-refractivity contribution in [2.24, 2.45) is 0 Å². The number of halogens is 2. The second kappa shape index (κ2) is 7.21. The van der Waals surface area contributed by atoms with Gasteiger partial charge in [0.15, 0.2) is 0 Å². The first-order chi connectivity index (χ1) is 10.9. The van der Waals surface area contributed by atoms with Gasteiger partial charge in [0, 0.05) is 22.2 Å². The molecule has 9 heteroatoms. The highest BCUT2D eigenvalue weighted by Crippen LogP contribution is 2.20. The Kier molecular flexibility index (Phi) is 5.30. The maximum Gasteiger partial charge on any atom is 0.271 e. The molecular formula is C14H9BrClN3O4. The summed E-state index contributed by atoms with van der Waals surface area (Å²) in [6.07, 6.45) is 0. The molecular weight excluding hydrogens is 390 g/mol. The summed E-state index contributed by atoms with van der Waals surface area (Å²) in [4.78, 5) is 34.0. The highest BCUT2D eigenvalue weighted by molar-refractivity contribution is 9.10. The molecule has 23 heavy (non-hydrogen) atoms. The molecule has 0 heterocycles. The molecule has 0 radical (unpaired) electrons. The Hall–Kier alpha value is -2.45. The van der Waals surface area contributed by atoms with Gasteiger partial charge in [-0.1, -0.05) is 33.6 Å². The van der Waals surface area contributed by atoms with Crippen molar-refractivity contribution in [3.05, 3.63) is 73.2 Å². The molecule has 0 bridgehead atoms. The number of nitrogens with zero attached hydrogens (tertiary/aromatic N) is 1. The molecule has 2 rings (SSSR count). The Bertz CT molecular complexity index is 797. The molecule has 118 valence electrons. The van der Waals surface area contributed by atoms with E-state index >= 15 is 0 Å². The van der Waals surface area contributed by atoms with Gasteiger partial charge in [-0.25, -0.2) is 0 Å². The predicted octanol–water partition coefficient (Wildman–Crippen LogP) is 3.09. The number of carbonyl (C=O) groups excluding carboxylic acids is 2. The fourth-order valence-electron chi connectivity index (χ4n) is 1.69. The highest BCUT2D eigenvalue weighted by atomic mass is 79.9. The summed E-state index contributed by atoms with van der Waals surface area (Å²) in [5, 5.41) is 10.9. The molecule has 0 saturated carbocycles. The van der Waals surface area contributed by atoms with Gasteiger partial charge in [-0.05, 0) is 24.3 Å². The summed E-state index contributed by atoms with van der Waals surface area (Å²) in [5.41, 5.74) is 4.36. The normalized spacial score (nSPS) is 10.0. The van der Waals surface area contributed by atoms with Crippen molar-refractivity contribution in [2.75, 3.05) is 0 Å². The Labute approximate surface area is 143 Å². The molecule has 0 aromatic heterocycles. The lowest BCUT2D eigenvalue weighted by Gasteiger charge is -2.09. The number of hydrogen-bond acceptors (Lipinski definition) is 4. The van der Waals surface area contributed by atoms with Crippen LogP contribution in [0.2, 0.25) is 5.02 Å². The van der Waals surface area contributed by atoms with Crippen LogP contribution in [0.25, 0.3) is 0 Å². The number of hydrogen-bond donors (Lipinski definition) is 2. The van der Waals surface area contributed by atoms with Crippen LogP contribution in [0.4, 0.5) is 5.69 Å². The van der Waals surface area contributed by atoms with Gasteiger partial charge in [-0.2, -0.15) is 0 Å². The Morgan fingerprint density at radius 3 is 2.48 bits per heavy atom. The highest BCUT2D eigenvalue weighted by Gasteiger charge is 2.14. The second-order valence-corrected chi connectivity index (χ2v) is 5.66. The fourth-order valence-corrected chi connectivity index (χ4v) is 2.25. The zero-order valence-corrected chi connectivity index (χ0v) is 13.7. The Morgan fingerprint density at radius 1 is 1.09 bits per heavy atom. The van der Waals surface area contributed by atoms with E-state index in [0.717, 1.165) is 6.07 Å². The fraction of sp³-hybridized carbons (Fsp3) is 0. The van der Waals surface area contributed by atoms with E-state index in [1.807, 2.05) is 0 Å². The van der Waals surface area contributed by atoms with Crippen LogP contribution in [0.1, 0.15) is 20.7 Å². The van der Waals surface area contributed by atoms with Crippen LogP contribution in [-0.2, 0) is 0 Å². The summed E-state index contributed by atoms with van der Waals surface area (Å²) in [6.45, 7) is 0. The molecule has 2 aromatic carbocycles. The standard InChI is InChI=1S/C14H9BrClN3O4/c15-9-4-5-12(16)11(7-9)14(21)18-17-13(20)8-2-1-3-10(6-8)19(22)23/h1-7H,(H,17,20)(H,18,21). The minimum atomic E-state index is -0.687. The van der Waals surface area contributed by atoms with E-state index in [-0.39, 0.29) is 21.8 Å². The smallest absolute Gasteiger partial charge is 0.267 e. The van der Waals surface area contributed by atoms with E-state index in [0.29, 0.717) is 4.47 Å². The van der Waals surface area contributed by atoms with Crippen molar-refractivity contribution in [2.45, 2.75) is 0 Å². The molecule has 2 amide bonds. The van der Waals surface area contributed by atoms with Gasteiger partial charge >= 0.3 is 0 Å². The lowest BCUT2D eigenvalue weighted by Crippen LogP contribution is -2.41. The number of rotatable bonds is 3. The summed E-state index contributed by atoms with van der Waals surface area (Å²) in [6, 6.07) is 9.83. The van der Waals surface area contributed by atoms with Crippen molar-refractivity contribution in [3.63, 3.8) is 0 Å². The topological polar surface area (TPSA) is 101 Å². The van der Waals surface area contributed by atoms with E-state index in [4.69, 9.17) is 11.6 Å². The number of carbonyl (C=O) groups is 2. The van der Waals surface area contributed by atoms with Gasteiger partial charge in [-0.3, -0.25) is 30.6 Å². The largest absolute Gasteiger partial charge is 0.271 e. The van der Waals surface area contributed by atoms with Crippen molar-refractivity contribution in [3.8, 4) is 0 Å². The van der Waals surface area contributed by atoms with E-state index in [1.54, 1.807) is 6.07 Å². The van der Waals surface area contributed by atoms with Gasteiger partial charge in [-0.15, -0.1) is 0 Å². The lowest BCUT2D eigenvalue weighted by atomic mass is 10.2. The summed E-state index contributed by atoms with van der Waals surface area (Å²) in [7, 11) is 0. The van der Waals surface area contributed by atoms with Crippen LogP contribution in [0.3, 0.4) is 0 Å². The zero-order chi connectivity index (χ0) is 17.0. The van der Waals surface area contributed by atoms with E-state index in [2.05, 4.69) is 26.8 Å². The van der Waals surface area contributed by atoms with Gasteiger partial charge in [0.1, 0.15) is 0 Å². The van der Waals surface area contributed by atoms with E-state index in [1.165, 1.54) is 30.3 Å². The first-order valence-electron chi connectivity index (χ1n) is 6.18. The number of nitro groups is 1. The van der Waals surface area contributed by atoms with E-state index < -0.39 is 16.7 Å². The predicted molar refractivity (Wildman–Crippen MR) is 87.2 cm³/mol. The number of amides is 2. The minimum Gasteiger partial charge on any atom is -0.267 e. The third-order valence-corrected chi connectivity index (χ3v) is 3.60. The molecule has 0 saturated heterocycles. The van der Waals surface area contributed by atoms with Crippen molar-refractivity contribution < 1.29 is 14.5 Å². The van der Waals surface area contributed by atoms with Crippen LogP contribution in [0.5, 0.6) is 0 Å². The van der Waals surface area contributed by atoms with Crippen LogP contribution < -0.4 is 10.9 Å². The summed E-state index contributed by atoms with van der Waals surface area (Å²) >= 11 is 9.12. The second-order valence-electron chi connectivity index (χ2n) is 4.34. The van der Waals surface area contributed by atoms with Gasteiger partial charge < -0.3 is 0 Å². The maximum atomic E-state index is 12.0. The number of nitrogens with one attached hydrogen (secondary N) is 2. The SMILES string of the molecule is O=C(NNC(=O)c1cc(Br)ccc1Cl)c1cccc([N+](=O)[O-])c1. The average molecular weight is 399 g/mol. The zero-order valence-electron chi connectivity index (χ0n) is 11.4. The molecule has 0 unspecified atom stereocenters. The number of nitro benzene ring substituents is 1. The van der Waals surface area contributed by atoms with Crippen molar-refractivity contribution >= 4 is 45.0 Å². The lowest BCUT2D eigenvalue weighted by molar-refractivity contribution is -0.384. The number of hydrazine groups is 1. The minimum absolute atomic E-state index is 0.0415. The average Bonchev–Trinajstić information content (AvgIpc) is 2.54. The molecule has 0 fully saturated rings. The summed E-state index contributed by atoms with van der Waals surface area (Å²) in [5.74, 6) is -1.30. The van der Waals surface area contributed by atoms with Gasteiger partial charge in [0.25, 0.3) is 17.5 Å². The van der Waals surface area contributed by atoms with Crippen LogP contribution in [0.15, 0.2) is 46.9 Å². The molecule has 7 nitrogen and oxygen atoms in total. The Morgan fingerprint density at radius 2 is 1.78 bits per heavy atom. The van der Waals surface area contributed by atoms with Crippen LogP contribution in [-0.4, -0.2) is 16.7 Å². The van der Waals surface area contributed by atoms with Crippen LogP contribution >= 0.6 is 27.5 Å². The first kappa shape index (κ1) is 16.9. The molecule has 0 aliphatic rings. The van der Waals surface area contributed by atoms with Gasteiger partial charge in [0.05, 0.1) is 15.5 Å². The first-order valence-corrected chi connectivity index (χ1v) is 7.36. The third kappa shape index (κ3) is 4.27. The summed E-state index contributed by atoms with van der Waals surface area (Å²) < 4.78 is 0.650. The molecule has 0 aliphatic heterocycles. The van der Waals surface area contributed by atoms with Crippen LogP contribution in [0, 0.1) is 10.1 Å². The van der Waals surface area contributed by atoms with Crippen molar-refractivity contribution in [1.82, 2.24) is 10.9 Å². The molecule has 0 aliphatic carbocycles. The Balaban J connectivity index is 2.07. The van der Waals surface area contributed by atoms with E-state index in [9.17, 15) is 19.7 Å². The third-order valence-electron chi connectivity index (χ3n) is 2.78.